The Morgan fingerprint density at radius 2 is 1.81 bits per heavy atom. The molecule has 168 valence electrons. The van der Waals surface area contributed by atoms with E-state index in [1.807, 2.05) is 31.2 Å². The standard InChI is InChI=1S/C23H25ClN4O3S/c1-15-22(16(2)28(26-15)14-18-5-3-4-6-21(18)24)23(29)25-13-17-7-11-20(12-8-17)32(30,31)27-19-9-10-19/h3-8,11-12,19,27H,9-10,13-14H2,1-2H3,(H,25,29). The number of rotatable bonds is 8. The second-order valence-corrected chi connectivity index (χ2v) is 10.1. The number of carbonyl (C=O) groups excluding carboxylic acids is 1. The Kier molecular flexibility index (Phi) is 6.37. The molecule has 1 heterocycles. The highest BCUT2D eigenvalue weighted by atomic mass is 35.5. The first-order valence-electron chi connectivity index (χ1n) is 10.4. The molecule has 2 aromatic carbocycles. The summed E-state index contributed by atoms with van der Waals surface area (Å²) in [7, 11) is -3.48. The number of halogens is 1. The van der Waals surface area contributed by atoms with Gasteiger partial charge in [-0.1, -0.05) is 41.9 Å². The number of carbonyl (C=O) groups is 1. The minimum Gasteiger partial charge on any atom is -0.348 e. The highest BCUT2D eigenvalue weighted by Crippen LogP contribution is 2.22. The third kappa shape index (κ3) is 5.03. The van der Waals surface area contributed by atoms with Gasteiger partial charge in [0.25, 0.3) is 5.91 Å². The van der Waals surface area contributed by atoms with Gasteiger partial charge in [0.15, 0.2) is 0 Å². The predicted molar refractivity (Wildman–Crippen MR) is 123 cm³/mol. The molecule has 32 heavy (non-hydrogen) atoms. The molecule has 7 nitrogen and oxygen atoms in total. The number of hydrogen-bond donors (Lipinski definition) is 2. The van der Waals surface area contributed by atoms with E-state index in [0.717, 1.165) is 29.7 Å². The van der Waals surface area contributed by atoms with Crippen molar-refractivity contribution in [1.82, 2.24) is 19.8 Å². The SMILES string of the molecule is Cc1nn(Cc2ccccc2Cl)c(C)c1C(=O)NCc1ccc(S(=O)(=O)NC2CC2)cc1. The van der Waals surface area contributed by atoms with Crippen LogP contribution in [0.1, 0.15) is 45.7 Å². The summed E-state index contributed by atoms with van der Waals surface area (Å²) >= 11 is 6.26. The van der Waals surface area contributed by atoms with Gasteiger partial charge in [0.05, 0.1) is 22.7 Å². The Bertz CT molecular complexity index is 1250. The average Bonchev–Trinajstić information content (AvgIpc) is 3.51. The lowest BCUT2D eigenvalue weighted by Crippen LogP contribution is -2.26. The van der Waals surface area contributed by atoms with Gasteiger partial charge >= 0.3 is 0 Å². The van der Waals surface area contributed by atoms with Crippen LogP contribution >= 0.6 is 11.6 Å². The van der Waals surface area contributed by atoms with Crippen molar-refractivity contribution in [3.05, 3.63) is 81.6 Å². The number of nitrogens with one attached hydrogen (secondary N) is 2. The summed E-state index contributed by atoms with van der Waals surface area (Å²) in [6.45, 7) is 4.42. The molecule has 1 aliphatic rings. The van der Waals surface area contributed by atoms with Crippen LogP contribution in [0.15, 0.2) is 53.4 Å². The second-order valence-electron chi connectivity index (χ2n) is 8.02. The van der Waals surface area contributed by atoms with Gasteiger partial charge in [0.2, 0.25) is 10.0 Å². The van der Waals surface area contributed by atoms with Crippen molar-refractivity contribution in [2.45, 2.75) is 50.7 Å². The van der Waals surface area contributed by atoms with E-state index in [-0.39, 0.29) is 23.4 Å². The molecule has 0 saturated heterocycles. The monoisotopic (exact) mass is 472 g/mol. The summed E-state index contributed by atoms with van der Waals surface area (Å²) in [5, 5.41) is 8.07. The molecule has 4 rings (SSSR count). The predicted octanol–water partition coefficient (Wildman–Crippen LogP) is 3.57. The quantitative estimate of drug-likeness (QED) is 0.524. The normalized spacial score (nSPS) is 13.8. The van der Waals surface area contributed by atoms with Crippen molar-refractivity contribution >= 4 is 27.5 Å². The van der Waals surface area contributed by atoms with Crippen LogP contribution in [0.2, 0.25) is 5.02 Å². The maximum Gasteiger partial charge on any atom is 0.255 e. The van der Waals surface area contributed by atoms with E-state index < -0.39 is 10.0 Å². The first-order chi connectivity index (χ1) is 15.2. The lowest BCUT2D eigenvalue weighted by Gasteiger charge is -2.09. The highest BCUT2D eigenvalue weighted by Gasteiger charge is 2.27. The van der Waals surface area contributed by atoms with E-state index in [1.54, 1.807) is 35.9 Å². The smallest absolute Gasteiger partial charge is 0.255 e. The van der Waals surface area contributed by atoms with E-state index in [0.29, 0.717) is 22.8 Å². The van der Waals surface area contributed by atoms with Crippen LogP contribution in [0.5, 0.6) is 0 Å². The van der Waals surface area contributed by atoms with Crippen LogP contribution in [0.3, 0.4) is 0 Å². The summed E-state index contributed by atoms with van der Waals surface area (Å²) in [4.78, 5) is 13.1. The van der Waals surface area contributed by atoms with Gasteiger partial charge < -0.3 is 5.32 Å². The molecule has 3 aromatic rings. The van der Waals surface area contributed by atoms with Crippen LogP contribution in [-0.4, -0.2) is 30.1 Å². The molecular formula is C23H25ClN4O3S. The molecular weight excluding hydrogens is 448 g/mol. The number of aryl methyl sites for hydroxylation is 1. The summed E-state index contributed by atoms with van der Waals surface area (Å²) in [5.74, 6) is -0.225. The molecule has 0 radical (unpaired) electrons. The number of hydrogen-bond acceptors (Lipinski definition) is 4. The minimum atomic E-state index is -3.48. The van der Waals surface area contributed by atoms with E-state index in [1.165, 1.54) is 0 Å². The van der Waals surface area contributed by atoms with Crippen molar-refractivity contribution < 1.29 is 13.2 Å². The molecule has 0 aliphatic heterocycles. The Hall–Kier alpha value is -2.68. The van der Waals surface area contributed by atoms with Crippen molar-refractivity contribution in [2.24, 2.45) is 0 Å². The van der Waals surface area contributed by atoms with E-state index in [2.05, 4.69) is 15.1 Å². The largest absolute Gasteiger partial charge is 0.348 e. The molecule has 0 atom stereocenters. The maximum absolute atomic E-state index is 12.9. The van der Waals surface area contributed by atoms with E-state index in [4.69, 9.17) is 11.6 Å². The first kappa shape index (κ1) is 22.5. The third-order valence-electron chi connectivity index (χ3n) is 5.47. The Labute approximate surface area is 192 Å². The molecule has 1 aromatic heterocycles. The fourth-order valence-electron chi connectivity index (χ4n) is 3.51. The average molecular weight is 473 g/mol. The third-order valence-corrected chi connectivity index (χ3v) is 7.38. The van der Waals surface area contributed by atoms with Crippen molar-refractivity contribution in [2.75, 3.05) is 0 Å². The van der Waals surface area contributed by atoms with Crippen molar-refractivity contribution in [1.29, 1.82) is 0 Å². The zero-order valence-corrected chi connectivity index (χ0v) is 19.5. The summed E-state index contributed by atoms with van der Waals surface area (Å²) in [6.07, 6.45) is 1.77. The molecule has 1 saturated carbocycles. The first-order valence-corrected chi connectivity index (χ1v) is 12.3. The van der Waals surface area contributed by atoms with Gasteiger partial charge in [-0.3, -0.25) is 9.48 Å². The van der Waals surface area contributed by atoms with E-state index >= 15 is 0 Å². The van der Waals surface area contributed by atoms with Crippen LogP contribution < -0.4 is 10.0 Å². The summed E-state index contributed by atoms with van der Waals surface area (Å²) in [5.41, 5.74) is 3.66. The molecule has 1 aliphatic carbocycles. The van der Waals surface area contributed by atoms with Crippen LogP contribution in [0.25, 0.3) is 0 Å². The number of sulfonamides is 1. The van der Waals surface area contributed by atoms with Crippen LogP contribution in [0, 0.1) is 13.8 Å². The lowest BCUT2D eigenvalue weighted by molar-refractivity contribution is 0.0949. The Balaban J connectivity index is 1.42. The molecule has 9 heteroatoms. The zero-order valence-electron chi connectivity index (χ0n) is 17.9. The molecule has 1 fully saturated rings. The maximum atomic E-state index is 12.9. The Morgan fingerprint density at radius 1 is 1.12 bits per heavy atom. The van der Waals surface area contributed by atoms with Crippen LogP contribution in [0.4, 0.5) is 0 Å². The summed E-state index contributed by atoms with van der Waals surface area (Å²) in [6, 6.07) is 14.1. The number of amides is 1. The molecule has 0 spiro atoms. The minimum absolute atomic E-state index is 0.0595. The molecule has 2 N–H and O–H groups in total. The van der Waals surface area contributed by atoms with Gasteiger partial charge in [-0.2, -0.15) is 5.10 Å². The van der Waals surface area contributed by atoms with Crippen molar-refractivity contribution in [3.8, 4) is 0 Å². The molecule has 0 unspecified atom stereocenters. The topological polar surface area (TPSA) is 93.1 Å². The molecule has 0 bridgehead atoms. The Morgan fingerprint density at radius 3 is 2.47 bits per heavy atom. The van der Waals surface area contributed by atoms with Gasteiger partial charge in [-0.25, -0.2) is 13.1 Å². The summed E-state index contributed by atoms with van der Waals surface area (Å²) < 4.78 is 29.0. The lowest BCUT2D eigenvalue weighted by atomic mass is 10.1. The number of benzene rings is 2. The van der Waals surface area contributed by atoms with E-state index in [9.17, 15) is 13.2 Å². The van der Waals surface area contributed by atoms with Gasteiger partial charge in [0.1, 0.15) is 0 Å². The fourth-order valence-corrected chi connectivity index (χ4v) is 5.01. The van der Waals surface area contributed by atoms with Gasteiger partial charge in [-0.05, 0) is 56.0 Å². The van der Waals surface area contributed by atoms with Crippen LogP contribution in [-0.2, 0) is 23.1 Å². The second kappa shape index (κ2) is 9.05. The fraction of sp³-hybridized carbons (Fsp3) is 0.304. The van der Waals surface area contributed by atoms with Crippen molar-refractivity contribution in [3.63, 3.8) is 0 Å². The van der Waals surface area contributed by atoms with Gasteiger partial charge in [0, 0.05) is 23.3 Å². The molecule has 1 amide bonds. The zero-order chi connectivity index (χ0) is 22.9. The number of aromatic nitrogens is 2. The van der Waals surface area contributed by atoms with Gasteiger partial charge in [-0.15, -0.1) is 0 Å². The highest BCUT2D eigenvalue weighted by molar-refractivity contribution is 7.89. The number of nitrogens with zero attached hydrogens (tertiary/aromatic N) is 2.